The number of aromatic carboxylic acids is 1. The molecule has 0 amide bonds. The molecule has 5 rings (SSSR count). The molecule has 2 aliphatic carbocycles. The van der Waals surface area contributed by atoms with Crippen LogP contribution in [0.5, 0.6) is 0 Å². The van der Waals surface area contributed by atoms with Gasteiger partial charge in [0.15, 0.2) is 0 Å². The number of carbonyl (C=O) groups is 1. The van der Waals surface area contributed by atoms with Crippen LogP contribution >= 0.6 is 23.2 Å². The maximum Gasteiger partial charge on any atom is 0.335 e. The second kappa shape index (κ2) is 9.30. The van der Waals surface area contributed by atoms with E-state index in [1.54, 1.807) is 18.2 Å². The summed E-state index contributed by atoms with van der Waals surface area (Å²) in [5.41, 5.74) is 1.45. The van der Waals surface area contributed by atoms with E-state index >= 15 is 0 Å². The van der Waals surface area contributed by atoms with Gasteiger partial charge in [0.05, 0.1) is 34.0 Å². The van der Waals surface area contributed by atoms with E-state index in [0.29, 0.717) is 65.2 Å². The Bertz CT molecular complexity index is 1200. The standard InChI is InChI=1S/C25H24Cl2N2O5/c26-18-2-1-3-19(27)21(18)22-17(23(34-29-22)14-4-5-14)13-33-16-6-9-25(32,10-7-16)20-12-15(24(30)31)8-11-28-20/h1-3,8,11-12,14,16,32H,4-7,9-10,13H2,(H,30,31). The predicted molar refractivity (Wildman–Crippen MR) is 126 cm³/mol. The van der Waals surface area contributed by atoms with Crippen LogP contribution in [0.25, 0.3) is 11.3 Å². The van der Waals surface area contributed by atoms with Crippen LogP contribution in [0.2, 0.25) is 10.0 Å². The van der Waals surface area contributed by atoms with Gasteiger partial charge in [-0.3, -0.25) is 4.98 Å². The first-order valence-electron chi connectivity index (χ1n) is 11.3. The monoisotopic (exact) mass is 502 g/mol. The molecule has 2 aromatic heterocycles. The minimum absolute atomic E-state index is 0.0700. The molecule has 0 unspecified atom stereocenters. The SMILES string of the molecule is O=C(O)c1ccnc(C2(O)CCC(OCc3c(-c4c(Cl)cccc4Cl)noc3C3CC3)CC2)c1. The van der Waals surface area contributed by atoms with Crippen LogP contribution in [0.4, 0.5) is 0 Å². The number of ether oxygens (including phenoxy) is 1. The van der Waals surface area contributed by atoms with E-state index in [1.807, 2.05) is 0 Å². The first-order chi connectivity index (χ1) is 16.4. The molecule has 2 fully saturated rings. The lowest BCUT2D eigenvalue weighted by Gasteiger charge is -2.35. The molecule has 178 valence electrons. The Hall–Kier alpha value is -2.45. The van der Waals surface area contributed by atoms with E-state index in [2.05, 4.69) is 10.1 Å². The number of aliphatic hydroxyl groups is 1. The maximum absolute atomic E-state index is 11.3. The van der Waals surface area contributed by atoms with Crippen molar-refractivity contribution in [3.63, 3.8) is 0 Å². The van der Waals surface area contributed by atoms with Gasteiger partial charge in [0, 0.05) is 23.2 Å². The fourth-order valence-electron chi connectivity index (χ4n) is 4.56. The van der Waals surface area contributed by atoms with Crippen molar-refractivity contribution in [3.05, 3.63) is 69.2 Å². The summed E-state index contributed by atoms with van der Waals surface area (Å²) >= 11 is 12.9. The summed E-state index contributed by atoms with van der Waals surface area (Å²) in [5, 5.41) is 25.7. The Kier molecular flexibility index (Phi) is 6.37. The van der Waals surface area contributed by atoms with Crippen molar-refractivity contribution >= 4 is 29.2 Å². The van der Waals surface area contributed by atoms with E-state index in [4.69, 9.17) is 32.5 Å². The highest BCUT2D eigenvalue weighted by molar-refractivity contribution is 6.39. The van der Waals surface area contributed by atoms with Crippen molar-refractivity contribution in [3.8, 4) is 11.3 Å². The molecule has 0 bridgehead atoms. The number of rotatable bonds is 7. The fourth-order valence-corrected chi connectivity index (χ4v) is 5.14. The summed E-state index contributed by atoms with van der Waals surface area (Å²) in [7, 11) is 0. The van der Waals surface area contributed by atoms with E-state index in [9.17, 15) is 15.0 Å². The molecular weight excluding hydrogens is 479 g/mol. The number of halogens is 2. The van der Waals surface area contributed by atoms with E-state index in [-0.39, 0.29) is 11.7 Å². The number of hydrogen-bond donors (Lipinski definition) is 2. The van der Waals surface area contributed by atoms with Crippen LogP contribution in [0.3, 0.4) is 0 Å². The number of pyridine rings is 1. The average molecular weight is 503 g/mol. The minimum Gasteiger partial charge on any atom is -0.478 e. The lowest BCUT2D eigenvalue weighted by atomic mass is 9.80. The molecule has 2 aliphatic rings. The normalized spacial score (nSPS) is 22.6. The van der Waals surface area contributed by atoms with Crippen LogP contribution < -0.4 is 0 Å². The lowest BCUT2D eigenvalue weighted by Crippen LogP contribution is -2.35. The Balaban J connectivity index is 1.30. The third-order valence-corrected chi connectivity index (χ3v) is 7.30. The Morgan fingerprint density at radius 1 is 1.15 bits per heavy atom. The van der Waals surface area contributed by atoms with Gasteiger partial charge in [-0.15, -0.1) is 0 Å². The van der Waals surface area contributed by atoms with Crippen molar-refractivity contribution in [2.24, 2.45) is 0 Å². The molecule has 9 heteroatoms. The van der Waals surface area contributed by atoms with Gasteiger partial charge in [-0.1, -0.05) is 34.4 Å². The zero-order valence-electron chi connectivity index (χ0n) is 18.3. The summed E-state index contributed by atoms with van der Waals surface area (Å²) in [4.78, 5) is 15.5. The molecular formula is C25H24Cl2N2O5. The Morgan fingerprint density at radius 2 is 1.85 bits per heavy atom. The summed E-state index contributed by atoms with van der Waals surface area (Å²) in [6.07, 6.45) is 5.54. The molecule has 7 nitrogen and oxygen atoms in total. The number of aromatic nitrogens is 2. The number of carboxylic acid groups (broad SMARTS) is 1. The van der Waals surface area contributed by atoms with Gasteiger partial charge in [-0.2, -0.15) is 0 Å². The van der Waals surface area contributed by atoms with Gasteiger partial charge < -0.3 is 19.5 Å². The maximum atomic E-state index is 11.3. The minimum atomic E-state index is -1.17. The number of nitrogens with zero attached hydrogens (tertiary/aromatic N) is 2. The summed E-state index contributed by atoms with van der Waals surface area (Å²) in [5.74, 6) is 0.122. The van der Waals surface area contributed by atoms with Gasteiger partial charge >= 0.3 is 5.97 Å². The Labute approximate surface area is 206 Å². The largest absolute Gasteiger partial charge is 0.478 e. The van der Waals surface area contributed by atoms with Crippen LogP contribution in [-0.2, 0) is 16.9 Å². The smallest absolute Gasteiger partial charge is 0.335 e. The van der Waals surface area contributed by atoms with Gasteiger partial charge in [0.25, 0.3) is 0 Å². The highest BCUT2D eigenvalue weighted by Gasteiger charge is 2.38. The molecule has 0 spiro atoms. The molecule has 0 radical (unpaired) electrons. The summed E-state index contributed by atoms with van der Waals surface area (Å²) < 4.78 is 12.0. The molecule has 2 heterocycles. The quantitative estimate of drug-likeness (QED) is 0.410. The van der Waals surface area contributed by atoms with Crippen LogP contribution in [0.1, 0.15) is 71.8 Å². The molecule has 0 saturated heterocycles. The number of hydrogen-bond acceptors (Lipinski definition) is 6. The average Bonchev–Trinajstić information content (AvgIpc) is 3.59. The molecule has 0 aliphatic heterocycles. The zero-order chi connectivity index (χ0) is 23.9. The highest BCUT2D eigenvalue weighted by Crippen LogP contribution is 2.46. The molecule has 2 N–H and O–H groups in total. The highest BCUT2D eigenvalue weighted by atomic mass is 35.5. The van der Waals surface area contributed by atoms with Gasteiger partial charge in [0.2, 0.25) is 0 Å². The van der Waals surface area contributed by atoms with Crippen molar-refractivity contribution in [2.45, 2.75) is 62.8 Å². The van der Waals surface area contributed by atoms with Gasteiger partial charge in [-0.25, -0.2) is 4.79 Å². The summed E-state index contributed by atoms with van der Waals surface area (Å²) in [6.45, 7) is 0.308. The van der Waals surface area contributed by atoms with Crippen molar-refractivity contribution in [1.29, 1.82) is 0 Å². The van der Waals surface area contributed by atoms with Crippen LogP contribution in [0, 0.1) is 0 Å². The first kappa shape index (κ1) is 23.3. The molecule has 2 saturated carbocycles. The second-order valence-corrected chi connectivity index (χ2v) is 9.84. The third kappa shape index (κ3) is 4.58. The van der Waals surface area contributed by atoms with E-state index in [1.165, 1.54) is 18.3 Å². The topological polar surface area (TPSA) is 106 Å². The van der Waals surface area contributed by atoms with Crippen molar-refractivity contribution in [1.82, 2.24) is 10.1 Å². The number of carboxylic acids is 1. The van der Waals surface area contributed by atoms with Crippen LogP contribution in [-0.4, -0.2) is 32.4 Å². The van der Waals surface area contributed by atoms with Crippen LogP contribution in [0.15, 0.2) is 41.1 Å². The third-order valence-electron chi connectivity index (χ3n) is 6.67. The van der Waals surface area contributed by atoms with E-state index in [0.717, 1.165) is 24.2 Å². The van der Waals surface area contributed by atoms with E-state index < -0.39 is 11.6 Å². The predicted octanol–water partition coefficient (Wildman–Crippen LogP) is 5.97. The molecule has 1 aromatic carbocycles. The summed E-state index contributed by atoms with van der Waals surface area (Å²) in [6, 6.07) is 8.20. The second-order valence-electron chi connectivity index (χ2n) is 9.02. The Morgan fingerprint density at radius 3 is 2.50 bits per heavy atom. The number of benzene rings is 1. The molecule has 0 atom stereocenters. The fraction of sp³-hybridized carbons (Fsp3) is 0.400. The van der Waals surface area contributed by atoms with Gasteiger partial charge in [0.1, 0.15) is 17.1 Å². The first-order valence-corrected chi connectivity index (χ1v) is 12.1. The van der Waals surface area contributed by atoms with Gasteiger partial charge in [-0.05, 0) is 62.8 Å². The lowest BCUT2D eigenvalue weighted by molar-refractivity contribution is -0.0662. The van der Waals surface area contributed by atoms with Crippen molar-refractivity contribution in [2.75, 3.05) is 0 Å². The molecule has 3 aromatic rings. The van der Waals surface area contributed by atoms with Crippen molar-refractivity contribution < 1.29 is 24.3 Å². The zero-order valence-corrected chi connectivity index (χ0v) is 19.8. The molecule has 34 heavy (non-hydrogen) atoms.